The van der Waals surface area contributed by atoms with Crippen LogP contribution in [-0.4, -0.2) is 23.7 Å². The summed E-state index contributed by atoms with van der Waals surface area (Å²) in [4.78, 5) is 17.2. The van der Waals surface area contributed by atoms with Crippen LogP contribution in [0.1, 0.15) is 25.3 Å². The molecule has 1 aliphatic rings. The molecule has 126 valence electrons. The number of amides is 1. The SMILES string of the molecule is C=CCn1c(=NC(=O)C2=COCCO2)sc2cc(C(C)C)ccc21. The molecule has 0 unspecified atom stereocenters. The third-order valence-electron chi connectivity index (χ3n) is 3.74. The number of rotatable bonds is 4. The highest BCUT2D eigenvalue weighted by atomic mass is 32.1. The molecule has 5 nitrogen and oxygen atoms in total. The van der Waals surface area contributed by atoms with Gasteiger partial charge in [0.25, 0.3) is 0 Å². The second-order valence-electron chi connectivity index (χ2n) is 5.78. The van der Waals surface area contributed by atoms with Crippen molar-refractivity contribution in [3.05, 3.63) is 53.2 Å². The van der Waals surface area contributed by atoms with Crippen LogP contribution in [0, 0.1) is 0 Å². The lowest BCUT2D eigenvalue weighted by atomic mass is 10.0. The van der Waals surface area contributed by atoms with E-state index in [1.165, 1.54) is 23.2 Å². The Kier molecular flexibility index (Phi) is 4.85. The van der Waals surface area contributed by atoms with Gasteiger partial charge in [0.2, 0.25) is 5.76 Å². The zero-order chi connectivity index (χ0) is 17.1. The van der Waals surface area contributed by atoms with Crippen LogP contribution in [0.4, 0.5) is 0 Å². The van der Waals surface area contributed by atoms with Gasteiger partial charge >= 0.3 is 5.91 Å². The summed E-state index contributed by atoms with van der Waals surface area (Å²) < 4.78 is 13.5. The van der Waals surface area contributed by atoms with Crippen LogP contribution in [0.3, 0.4) is 0 Å². The van der Waals surface area contributed by atoms with E-state index in [9.17, 15) is 4.79 Å². The summed E-state index contributed by atoms with van der Waals surface area (Å²) in [5.74, 6) is 0.166. The molecule has 0 radical (unpaired) electrons. The first-order valence-electron chi connectivity index (χ1n) is 7.88. The van der Waals surface area contributed by atoms with Gasteiger partial charge in [-0.15, -0.1) is 6.58 Å². The lowest BCUT2D eigenvalue weighted by Crippen LogP contribution is -2.19. The van der Waals surface area contributed by atoms with Gasteiger partial charge in [-0.2, -0.15) is 4.99 Å². The molecule has 0 fully saturated rings. The minimum atomic E-state index is -0.428. The van der Waals surface area contributed by atoms with Crippen molar-refractivity contribution >= 4 is 27.5 Å². The first-order valence-corrected chi connectivity index (χ1v) is 8.69. The molecule has 3 rings (SSSR count). The van der Waals surface area contributed by atoms with Gasteiger partial charge < -0.3 is 14.0 Å². The molecular formula is C18H20N2O3S. The summed E-state index contributed by atoms with van der Waals surface area (Å²) >= 11 is 1.49. The smallest absolute Gasteiger partial charge is 0.317 e. The normalized spacial score (nSPS) is 15.1. The van der Waals surface area contributed by atoms with Gasteiger partial charge in [0.1, 0.15) is 19.5 Å². The third kappa shape index (κ3) is 3.28. The summed E-state index contributed by atoms with van der Waals surface area (Å²) in [6.07, 6.45) is 3.13. The number of fused-ring (bicyclic) bond motifs is 1. The van der Waals surface area contributed by atoms with Crippen molar-refractivity contribution in [3.8, 4) is 0 Å². The second-order valence-corrected chi connectivity index (χ2v) is 6.79. The maximum atomic E-state index is 12.3. The molecule has 1 amide bonds. The molecule has 0 N–H and O–H groups in total. The number of carbonyl (C=O) groups is 1. The standard InChI is InChI=1S/C18H20N2O3S/c1-4-7-20-14-6-5-13(12(2)3)10-16(14)24-18(20)19-17(21)15-11-22-8-9-23-15/h4-6,10-12H,1,7-9H2,2-3H3. The molecule has 6 heteroatoms. The molecule has 0 saturated carbocycles. The number of hydrogen-bond donors (Lipinski definition) is 0. The molecule has 2 aromatic rings. The maximum Gasteiger partial charge on any atom is 0.317 e. The molecular weight excluding hydrogens is 324 g/mol. The molecule has 1 aromatic heterocycles. The molecule has 0 saturated heterocycles. The topological polar surface area (TPSA) is 52.8 Å². The molecule has 24 heavy (non-hydrogen) atoms. The Morgan fingerprint density at radius 1 is 1.46 bits per heavy atom. The van der Waals surface area contributed by atoms with E-state index in [0.29, 0.717) is 30.5 Å². The third-order valence-corrected chi connectivity index (χ3v) is 4.78. The first kappa shape index (κ1) is 16.5. The van der Waals surface area contributed by atoms with Gasteiger partial charge in [-0.1, -0.05) is 37.3 Å². The summed E-state index contributed by atoms with van der Waals surface area (Å²) in [6, 6.07) is 6.35. The lowest BCUT2D eigenvalue weighted by Gasteiger charge is -2.12. The average molecular weight is 344 g/mol. The summed E-state index contributed by atoms with van der Waals surface area (Å²) in [5, 5.41) is 0. The molecule has 1 aromatic carbocycles. The van der Waals surface area contributed by atoms with Crippen molar-refractivity contribution < 1.29 is 14.3 Å². The Morgan fingerprint density at radius 3 is 2.96 bits per heavy atom. The van der Waals surface area contributed by atoms with Crippen LogP contribution in [0.5, 0.6) is 0 Å². The first-order chi connectivity index (χ1) is 11.6. The van der Waals surface area contributed by atoms with E-state index >= 15 is 0 Å². The van der Waals surface area contributed by atoms with Crippen LogP contribution in [0.2, 0.25) is 0 Å². The molecule has 0 bridgehead atoms. The van der Waals surface area contributed by atoms with Gasteiger partial charge in [-0.3, -0.25) is 4.79 Å². The molecule has 1 aliphatic heterocycles. The molecule has 0 aliphatic carbocycles. The van der Waals surface area contributed by atoms with Crippen molar-refractivity contribution in [1.82, 2.24) is 4.57 Å². The van der Waals surface area contributed by atoms with E-state index in [1.54, 1.807) is 6.08 Å². The second kappa shape index (κ2) is 7.05. The van der Waals surface area contributed by atoms with Crippen molar-refractivity contribution in [2.45, 2.75) is 26.3 Å². The quantitative estimate of drug-likeness (QED) is 0.800. The molecule has 2 heterocycles. The minimum absolute atomic E-state index is 0.145. The largest absolute Gasteiger partial charge is 0.494 e. The highest BCUT2D eigenvalue weighted by molar-refractivity contribution is 7.16. The van der Waals surface area contributed by atoms with Gasteiger partial charge in [0.15, 0.2) is 4.80 Å². The fraction of sp³-hybridized carbons (Fsp3) is 0.333. The Morgan fingerprint density at radius 2 is 2.29 bits per heavy atom. The van der Waals surface area contributed by atoms with Crippen LogP contribution in [-0.2, 0) is 20.8 Å². The van der Waals surface area contributed by atoms with Crippen LogP contribution in [0.15, 0.2) is 47.9 Å². The predicted octanol–water partition coefficient (Wildman–Crippen LogP) is 3.33. The monoisotopic (exact) mass is 344 g/mol. The Balaban J connectivity index is 2.09. The number of hydrogen-bond acceptors (Lipinski definition) is 4. The predicted molar refractivity (Wildman–Crippen MR) is 94.7 cm³/mol. The van der Waals surface area contributed by atoms with Crippen molar-refractivity contribution in [2.24, 2.45) is 4.99 Å². The van der Waals surface area contributed by atoms with Gasteiger partial charge in [0.05, 0.1) is 10.2 Å². The summed E-state index contributed by atoms with van der Waals surface area (Å²) in [6.45, 7) is 9.53. The zero-order valence-corrected chi connectivity index (χ0v) is 14.6. The number of allylic oxidation sites excluding steroid dienone is 1. The number of aromatic nitrogens is 1. The zero-order valence-electron chi connectivity index (χ0n) is 13.8. The lowest BCUT2D eigenvalue weighted by molar-refractivity contribution is -0.119. The number of thiazole rings is 1. The van der Waals surface area contributed by atoms with Gasteiger partial charge in [-0.05, 0) is 23.6 Å². The van der Waals surface area contributed by atoms with Crippen molar-refractivity contribution in [3.63, 3.8) is 0 Å². The van der Waals surface area contributed by atoms with Crippen molar-refractivity contribution in [1.29, 1.82) is 0 Å². The number of carbonyl (C=O) groups excluding carboxylic acids is 1. The molecule has 0 atom stereocenters. The summed E-state index contributed by atoms with van der Waals surface area (Å²) in [5.41, 5.74) is 2.31. The fourth-order valence-corrected chi connectivity index (χ4v) is 3.55. The van der Waals surface area contributed by atoms with E-state index < -0.39 is 5.91 Å². The van der Waals surface area contributed by atoms with Gasteiger partial charge in [0, 0.05) is 6.54 Å². The van der Waals surface area contributed by atoms with E-state index in [2.05, 4.69) is 43.6 Å². The number of nitrogens with zero attached hydrogens (tertiary/aromatic N) is 2. The molecule has 0 spiro atoms. The number of ether oxygens (including phenoxy) is 2. The summed E-state index contributed by atoms with van der Waals surface area (Å²) in [7, 11) is 0. The van der Waals surface area contributed by atoms with Crippen molar-refractivity contribution in [2.75, 3.05) is 13.2 Å². The Bertz CT molecular complexity index is 874. The average Bonchev–Trinajstić information content (AvgIpc) is 2.92. The minimum Gasteiger partial charge on any atom is -0.494 e. The highest BCUT2D eigenvalue weighted by Crippen LogP contribution is 2.23. The van der Waals surface area contributed by atoms with Gasteiger partial charge in [-0.25, -0.2) is 0 Å². The van der Waals surface area contributed by atoms with E-state index in [1.807, 2.05) is 4.57 Å². The van der Waals surface area contributed by atoms with E-state index in [0.717, 1.165) is 10.2 Å². The fourth-order valence-electron chi connectivity index (χ4n) is 2.46. The number of benzene rings is 1. The maximum absolute atomic E-state index is 12.3. The Hall–Kier alpha value is -2.34. The van der Waals surface area contributed by atoms with Crippen LogP contribution >= 0.6 is 11.3 Å². The van der Waals surface area contributed by atoms with Crippen LogP contribution in [0.25, 0.3) is 10.2 Å². The van der Waals surface area contributed by atoms with E-state index in [-0.39, 0.29) is 5.76 Å². The highest BCUT2D eigenvalue weighted by Gasteiger charge is 2.15. The van der Waals surface area contributed by atoms with E-state index in [4.69, 9.17) is 9.47 Å². The Labute approximate surface area is 144 Å². The van der Waals surface area contributed by atoms with Crippen LogP contribution < -0.4 is 4.80 Å².